The molecule has 1 saturated heterocycles. The zero-order valence-corrected chi connectivity index (χ0v) is 23.2. The van der Waals surface area contributed by atoms with Crippen LogP contribution in [-0.2, 0) is 4.79 Å². The Hall–Kier alpha value is -1.32. The van der Waals surface area contributed by atoms with Crippen molar-refractivity contribution < 1.29 is 9.32 Å². The standard InChI is InChI=1S/C32H54N2O2/c35-32-22-16-21-29(23-24-34(32)26-27-17-12-8-4-1-2-5-9-13-18-27)31-25-30(33-36-31)28-19-14-10-6-3-7-11-15-20-28/h25,27-29H,1-24,26H2. The number of amides is 1. The average molecular weight is 499 g/mol. The maximum Gasteiger partial charge on any atom is 0.222 e. The van der Waals surface area contributed by atoms with Crippen molar-refractivity contribution in [1.29, 1.82) is 0 Å². The Labute approximate surface area is 221 Å². The summed E-state index contributed by atoms with van der Waals surface area (Å²) in [5.74, 6) is 3.15. The lowest BCUT2D eigenvalue weighted by atomic mass is 9.88. The minimum atomic E-state index is 0.391. The molecule has 0 aromatic carbocycles. The summed E-state index contributed by atoms with van der Waals surface area (Å²) in [6, 6.07) is 2.30. The first-order valence-corrected chi connectivity index (χ1v) is 16.0. The van der Waals surface area contributed by atoms with Crippen molar-refractivity contribution in [2.45, 2.75) is 160 Å². The molecule has 2 heterocycles. The quantitative estimate of drug-likeness (QED) is 0.415. The maximum absolute atomic E-state index is 13.0. The molecule has 1 atom stereocenters. The van der Waals surface area contributed by atoms with E-state index in [2.05, 4.69) is 16.1 Å². The number of carbonyl (C=O) groups excluding carboxylic acids is 1. The summed E-state index contributed by atoms with van der Waals surface area (Å²) in [6.07, 6.45) is 29.6. The molecule has 4 rings (SSSR count). The highest BCUT2D eigenvalue weighted by molar-refractivity contribution is 5.76. The third-order valence-electron chi connectivity index (χ3n) is 9.47. The topological polar surface area (TPSA) is 46.3 Å². The molecule has 1 amide bonds. The zero-order chi connectivity index (χ0) is 24.8. The molecule has 0 radical (unpaired) electrons. The molecule has 2 aliphatic carbocycles. The van der Waals surface area contributed by atoms with Crippen LogP contribution >= 0.6 is 0 Å². The smallest absolute Gasteiger partial charge is 0.222 e. The van der Waals surface area contributed by atoms with E-state index in [-0.39, 0.29) is 0 Å². The van der Waals surface area contributed by atoms with E-state index in [4.69, 9.17) is 4.52 Å². The van der Waals surface area contributed by atoms with E-state index in [1.807, 2.05) is 0 Å². The highest BCUT2D eigenvalue weighted by Crippen LogP contribution is 2.34. The SMILES string of the molecule is O=C1CCCC(c2cc(C3CCCCCCCCC3)no2)CCN1CC1CCCCCCCCCC1. The summed E-state index contributed by atoms with van der Waals surface area (Å²) in [5.41, 5.74) is 1.21. The second kappa shape index (κ2) is 15.8. The first kappa shape index (κ1) is 27.7. The van der Waals surface area contributed by atoms with Gasteiger partial charge in [0.2, 0.25) is 5.91 Å². The van der Waals surface area contributed by atoms with Crippen molar-refractivity contribution in [2.24, 2.45) is 5.92 Å². The number of rotatable bonds is 4. The second-order valence-corrected chi connectivity index (χ2v) is 12.4. The summed E-state index contributed by atoms with van der Waals surface area (Å²) >= 11 is 0. The monoisotopic (exact) mass is 498 g/mol. The van der Waals surface area contributed by atoms with Crippen LogP contribution in [0.15, 0.2) is 10.6 Å². The van der Waals surface area contributed by atoms with Gasteiger partial charge in [0, 0.05) is 37.4 Å². The fraction of sp³-hybridized carbons (Fsp3) is 0.875. The van der Waals surface area contributed by atoms with Gasteiger partial charge >= 0.3 is 0 Å². The molecule has 3 aliphatic rings. The molecular weight excluding hydrogens is 444 g/mol. The Balaban J connectivity index is 1.32. The largest absolute Gasteiger partial charge is 0.361 e. The van der Waals surface area contributed by atoms with Crippen LogP contribution < -0.4 is 0 Å². The highest BCUT2D eigenvalue weighted by atomic mass is 16.5. The van der Waals surface area contributed by atoms with Gasteiger partial charge < -0.3 is 9.42 Å². The van der Waals surface area contributed by atoms with Crippen LogP contribution in [-0.4, -0.2) is 29.1 Å². The predicted molar refractivity (Wildman–Crippen MR) is 148 cm³/mol. The van der Waals surface area contributed by atoms with E-state index in [0.717, 1.165) is 38.1 Å². The van der Waals surface area contributed by atoms with Crippen LogP contribution in [0.2, 0.25) is 0 Å². The molecule has 0 N–H and O–H groups in total. The fourth-order valence-corrected chi connectivity index (χ4v) is 7.08. The van der Waals surface area contributed by atoms with Gasteiger partial charge in [0.15, 0.2) is 0 Å². The maximum atomic E-state index is 13.0. The minimum Gasteiger partial charge on any atom is -0.361 e. The van der Waals surface area contributed by atoms with Crippen molar-refractivity contribution in [3.63, 3.8) is 0 Å². The lowest BCUT2D eigenvalue weighted by Gasteiger charge is -2.31. The van der Waals surface area contributed by atoms with Crippen molar-refractivity contribution >= 4 is 5.91 Å². The van der Waals surface area contributed by atoms with Crippen LogP contribution in [0.4, 0.5) is 0 Å². The van der Waals surface area contributed by atoms with Gasteiger partial charge in [-0.3, -0.25) is 4.79 Å². The Morgan fingerprint density at radius 3 is 1.81 bits per heavy atom. The van der Waals surface area contributed by atoms with E-state index in [1.165, 1.54) is 128 Å². The number of aromatic nitrogens is 1. The van der Waals surface area contributed by atoms with E-state index in [9.17, 15) is 4.79 Å². The van der Waals surface area contributed by atoms with E-state index in [1.54, 1.807) is 0 Å². The van der Waals surface area contributed by atoms with Crippen LogP contribution in [0.25, 0.3) is 0 Å². The molecule has 36 heavy (non-hydrogen) atoms. The Morgan fingerprint density at radius 1 is 0.667 bits per heavy atom. The van der Waals surface area contributed by atoms with E-state index < -0.39 is 0 Å². The summed E-state index contributed by atoms with van der Waals surface area (Å²) in [7, 11) is 0. The average Bonchev–Trinajstić information content (AvgIpc) is 3.35. The Kier molecular flexibility index (Phi) is 12.2. The van der Waals surface area contributed by atoms with Gasteiger partial charge in [-0.1, -0.05) is 101 Å². The molecule has 1 unspecified atom stereocenters. The highest BCUT2D eigenvalue weighted by Gasteiger charge is 2.27. The first-order valence-electron chi connectivity index (χ1n) is 16.0. The number of hydrogen-bond donors (Lipinski definition) is 0. The third-order valence-corrected chi connectivity index (χ3v) is 9.47. The van der Waals surface area contributed by atoms with Crippen molar-refractivity contribution in [3.8, 4) is 0 Å². The van der Waals surface area contributed by atoms with Crippen LogP contribution in [0.1, 0.15) is 171 Å². The molecule has 1 aromatic heterocycles. The minimum absolute atomic E-state index is 0.391. The van der Waals surface area contributed by atoms with Gasteiger partial charge in [0.25, 0.3) is 0 Å². The van der Waals surface area contributed by atoms with Crippen molar-refractivity contribution in [2.75, 3.05) is 13.1 Å². The van der Waals surface area contributed by atoms with E-state index >= 15 is 0 Å². The molecule has 4 nitrogen and oxygen atoms in total. The molecule has 0 spiro atoms. The molecule has 4 heteroatoms. The molecule has 204 valence electrons. The fourth-order valence-electron chi connectivity index (χ4n) is 7.08. The molecule has 1 aliphatic heterocycles. The summed E-state index contributed by atoms with van der Waals surface area (Å²) < 4.78 is 6.01. The van der Waals surface area contributed by atoms with Gasteiger partial charge in [0.05, 0.1) is 5.69 Å². The van der Waals surface area contributed by atoms with Crippen LogP contribution in [0.5, 0.6) is 0 Å². The Morgan fingerprint density at radius 2 is 1.19 bits per heavy atom. The van der Waals surface area contributed by atoms with Gasteiger partial charge in [-0.25, -0.2) is 0 Å². The van der Waals surface area contributed by atoms with Gasteiger partial charge in [-0.2, -0.15) is 0 Å². The summed E-state index contributed by atoms with van der Waals surface area (Å²) in [5, 5.41) is 4.61. The predicted octanol–water partition coefficient (Wildman–Crippen LogP) is 9.30. The third kappa shape index (κ3) is 9.21. The molecule has 3 fully saturated rings. The second-order valence-electron chi connectivity index (χ2n) is 12.4. The lowest BCUT2D eigenvalue weighted by molar-refractivity contribution is -0.132. The van der Waals surface area contributed by atoms with Gasteiger partial charge in [-0.05, 0) is 50.9 Å². The summed E-state index contributed by atoms with van der Waals surface area (Å²) in [4.78, 5) is 15.3. The number of nitrogens with zero attached hydrogens (tertiary/aromatic N) is 2. The van der Waals surface area contributed by atoms with Crippen molar-refractivity contribution in [1.82, 2.24) is 10.1 Å². The first-order chi connectivity index (χ1) is 17.8. The number of hydrogen-bond acceptors (Lipinski definition) is 3. The normalized spacial score (nSPS) is 26.1. The molecule has 2 saturated carbocycles. The molecular formula is C32H54N2O2. The van der Waals surface area contributed by atoms with Gasteiger partial charge in [-0.15, -0.1) is 0 Å². The number of carbonyl (C=O) groups is 1. The molecule has 0 bridgehead atoms. The summed E-state index contributed by atoms with van der Waals surface area (Å²) in [6.45, 7) is 1.87. The zero-order valence-electron chi connectivity index (χ0n) is 23.2. The van der Waals surface area contributed by atoms with Crippen molar-refractivity contribution in [3.05, 3.63) is 17.5 Å². The molecule has 1 aromatic rings. The van der Waals surface area contributed by atoms with Gasteiger partial charge in [0.1, 0.15) is 5.76 Å². The number of likely N-dealkylation sites (tertiary alicyclic amines) is 1. The van der Waals surface area contributed by atoms with Crippen LogP contribution in [0, 0.1) is 5.92 Å². The van der Waals surface area contributed by atoms with Crippen LogP contribution in [0.3, 0.4) is 0 Å². The lowest BCUT2D eigenvalue weighted by Crippen LogP contribution is -2.37. The van der Waals surface area contributed by atoms with E-state index in [0.29, 0.717) is 30.1 Å². The Bertz CT molecular complexity index is 722.